The first kappa shape index (κ1) is 24.6. The van der Waals surface area contributed by atoms with Crippen molar-refractivity contribution in [1.82, 2.24) is 0 Å². The van der Waals surface area contributed by atoms with Crippen LogP contribution < -0.4 is 14.8 Å². The van der Waals surface area contributed by atoms with E-state index in [0.717, 1.165) is 11.1 Å². The lowest BCUT2D eigenvalue weighted by Crippen LogP contribution is -2.16. The van der Waals surface area contributed by atoms with Crippen LogP contribution in [0.15, 0.2) is 70.7 Å². The number of anilines is 1. The zero-order valence-corrected chi connectivity index (χ0v) is 20.0. The number of carbonyl (C=O) groups excluding carboxylic acids is 1. The number of nitriles is 1. The van der Waals surface area contributed by atoms with E-state index in [-0.39, 0.29) is 16.8 Å². The first-order chi connectivity index (χ1) is 16.3. The Bertz CT molecular complexity index is 1310. The predicted octanol–water partition coefficient (Wildman–Crippen LogP) is 5.59. The van der Waals surface area contributed by atoms with Gasteiger partial charge in [-0.25, -0.2) is 4.79 Å². The lowest BCUT2D eigenvalue weighted by atomic mass is 10.1. The van der Waals surface area contributed by atoms with Gasteiger partial charge in [-0.2, -0.15) is 5.26 Å². The molecule has 1 amide bonds. The molecule has 0 aromatic heterocycles. The molecular formula is C26H21BrN2O5. The number of methoxy groups -OCH3 is 1. The fourth-order valence-corrected chi connectivity index (χ4v) is 3.74. The number of aromatic carboxylic acids is 1. The molecule has 0 spiro atoms. The third-order valence-corrected chi connectivity index (χ3v) is 5.56. The monoisotopic (exact) mass is 520 g/mol. The standard InChI is InChI=1S/C26H21BrN2O5/c1-16-7-3-4-8-18(16)15-34-24-21(27)12-17(13-23(24)33-2)11-19(14-28)25(30)29-22-10-6-5-9-20(22)26(31)32/h3-13H,15H2,1-2H3,(H,29,30)(H,31,32)/b19-11+. The summed E-state index contributed by atoms with van der Waals surface area (Å²) in [6, 6.07) is 19.0. The van der Waals surface area contributed by atoms with E-state index in [1.807, 2.05) is 37.3 Å². The van der Waals surface area contributed by atoms with Crippen LogP contribution in [0.2, 0.25) is 0 Å². The molecule has 0 fully saturated rings. The molecule has 7 nitrogen and oxygen atoms in total. The second kappa shape index (κ2) is 11.2. The maximum Gasteiger partial charge on any atom is 0.337 e. The van der Waals surface area contributed by atoms with Crippen molar-refractivity contribution in [3.63, 3.8) is 0 Å². The van der Waals surface area contributed by atoms with E-state index >= 15 is 0 Å². The summed E-state index contributed by atoms with van der Waals surface area (Å²) in [5, 5.41) is 21.3. The predicted molar refractivity (Wildman–Crippen MR) is 132 cm³/mol. The van der Waals surface area contributed by atoms with Crippen LogP contribution in [0.1, 0.15) is 27.0 Å². The van der Waals surface area contributed by atoms with Gasteiger partial charge in [-0.05, 0) is 69.9 Å². The molecule has 0 unspecified atom stereocenters. The van der Waals surface area contributed by atoms with Gasteiger partial charge in [0.05, 0.1) is 22.8 Å². The molecule has 3 aromatic carbocycles. The topological polar surface area (TPSA) is 109 Å². The molecule has 0 saturated heterocycles. The van der Waals surface area contributed by atoms with Crippen LogP contribution in [0.5, 0.6) is 11.5 Å². The average molecular weight is 521 g/mol. The second-order valence-corrected chi connectivity index (χ2v) is 8.08. The van der Waals surface area contributed by atoms with Crippen LogP contribution in [0.4, 0.5) is 5.69 Å². The third-order valence-electron chi connectivity index (χ3n) is 4.97. The Balaban J connectivity index is 1.85. The summed E-state index contributed by atoms with van der Waals surface area (Å²) >= 11 is 3.48. The fourth-order valence-electron chi connectivity index (χ4n) is 3.17. The minimum absolute atomic E-state index is 0.0762. The summed E-state index contributed by atoms with van der Waals surface area (Å²) in [6.45, 7) is 2.34. The summed E-state index contributed by atoms with van der Waals surface area (Å²) in [5.74, 6) is -1.01. The molecule has 0 atom stereocenters. The summed E-state index contributed by atoms with van der Waals surface area (Å²) < 4.78 is 12.0. The number of hydrogen-bond donors (Lipinski definition) is 2. The molecule has 8 heteroatoms. The molecule has 0 saturated carbocycles. The van der Waals surface area contributed by atoms with E-state index < -0.39 is 11.9 Å². The van der Waals surface area contributed by atoms with Crippen molar-refractivity contribution in [2.24, 2.45) is 0 Å². The van der Waals surface area contributed by atoms with Gasteiger partial charge in [0.15, 0.2) is 11.5 Å². The van der Waals surface area contributed by atoms with Gasteiger partial charge in [-0.1, -0.05) is 36.4 Å². The van der Waals surface area contributed by atoms with Crippen LogP contribution in [0.25, 0.3) is 6.08 Å². The van der Waals surface area contributed by atoms with E-state index in [1.54, 1.807) is 24.3 Å². The van der Waals surface area contributed by atoms with E-state index in [1.165, 1.54) is 25.3 Å². The lowest BCUT2D eigenvalue weighted by Gasteiger charge is -2.15. The van der Waals surface area contributed by atoms with E-state index in [9.17, 15) is 20.0 Å². The van der Waals surface area contributed by atoms with Crippen molar-refractivity contribution in [3.8, 4) is 17.6 Å². The van der Waals surface area contributed by atoms with Gasteiger partial charge >= 0.3 is 5.97 Å². The molecule has 3 rings (SSSR count). The summed E-state index contributed by atoms with van der Waals surface area (Å²) in [4.78, 5) is 24.0. The van der Waals surface area contributed by atoms with Gasteiger partial charge < -0.3 is 19.9 Å². The zero-order valence-electron chi connectivity index (χ0n) is 18.5. The number of ether oxygens (including phenoxy) is 2. The number of nitrogens with one attached hydrogen (secondary N) is 1. The van der Waals surface area contributed by atoms with E-state index in [2.05, 4.69) is 21.2 Å². The van der Waals surface area contributed by atoms with Gasteiger partial charge in [0, 0.05) is 0 Å². The molecule has 0 heterocycles. The number of rotatable bonds is 8. The summed E-state index contributed by atoms with van der Waals surface area (Å²) in [5.41, 5.74) is 2.47. The maximum absolute atomic E-state index is 12.7. The Kier molecular flexibility index (Phi) is 8.06. The number of benzene rings is 3. The zero-order chi connectivity index (χ0) is 24.7. The van der Waals surface area contributed by atoms with Crippen LogP contribution in [0, 0.1) is 18.3 Å². The Morgan fingerprint density at radius 3 is 2.53 bits per heavy atom. The number of halogens is 1. The second-order valence-electron chi connectivity index (χ2n) is 7.22. The number of carboxylic acids is 1. The van der Waals surface area contributed by atoms with Crippen LogP contribution >= 0.6 is 15.9 Å². The molecule has 0 aliphatic heterocycles. The summed E-state index contributed by atoms with van der Waals surface area (Å²) in [7, 11) is 1.50. The van der Waals surface area contributed by atoms with Crippen molar-refractivity contribution in [3.05, 3.63) is 93.0 Å². The Morgan fingerprint density at radius 1 is 1.15 bits per heavy atom. The Labute approximate surface area is 205 Å². The first-order valence-corrected chi connectivity index (χ1v) is 10.9. The molecule has 34 heavy (non-hydrogen) atoms. The number of para-hydroxylation sites is 1. The highest BCUT2D eigenvalue weighted by atomic mass is 79.9. The quantitative estimate of drug-likeness (QED) is 0.296. The van der Waals surface area contributed by atoms with Crippen LogP contribution in [-0.4, -0.2) is 24.1 Å². The van der Waals surface area contributed by atoms with Crippen LogP contribution in [0.3, 0.4) is 0 Å². The minimum atomic E-state index is -1.19. The van der Waals surface area contributed by atoms with Gasteiger partial charge in [-0.15, -0.1) is 0 Å². The van der Waals surface area contributed by atoms with Crippen molar-refractivity contribution in [2.45, 2.75) is 13.5 Å². The summed E-state index contributed by atoms with van der Waals surface area (Å²) in [6.07, 6.45) is 1.39. The number of hydrogen-bond acceptors (Lipinski definition) is 5. The molecule has 0 aliphatic rings. The van der Waals surface area contributed by atoms with Gasteiger partial charge in [0.1, 0.15) is 18.2 Å². The highest BCUT2D eigenvalue weighted by Crippen LogP contribution is 2.38. The van der Waals surface area contributed by atoms with Gasteiger partial charge in [0.25, 0.3) is 5.91 Å². The number of carboxylic acid groups (broad SMARTS) is 1. The average Bonchev–Trinajstić information content (AvgIpc) is 2.82. The molecule has 172 valence electrons. The molecule has 0 radical (unpaired) electrons. The fraction of sp³-hybridized carbons (Fsp3) is 0.115. The lowest BCUT2D eigenvalue weighted by molar-refractivity contribution is -0.112. The van der Waals surface area contributed by atoms with Crippen molar-refractivity contribution in [2.75, 3.05) is 12.4 Å². The molecule has 0 aliphatic carbocycles. The van der Waals surface area contributed by atoms with E-state index in [0.29, 0.717) is 28.1 Å². The molecule has 0 bridgehead atoms. The third kappa shape index (κ3) is 5.82. The maximum atomic E-state index is 12.7. The first-order valence-electron chi connectivity index (χ1n) is 10.1. The number of aryl methyl sites for hydroxylation is 1. The highest BCUT2D eigenvalue weighted by molar-refractivity contribution is 9.10. The van der Waals surface area contributed by atoms with Crippen LogP contribution in [-0.2, 0) is 11.4 Å². The smallest absolute Gasteiger partial charge is 0.337 e. The SMILES string of the molecule is COc1cc(/C=C(\C#N)C(=O)Nc2ccccc2C(=O)O)cc(Br)c1OCc1ccccc1C. The Morgan fingerprint density at radius 2 is 1.85 bits per heavy atom. The number of amides is 1. The van der Waals surface area contributed by atoms with Gasteiger partial charge in [0.2, 0.25) is 0 Å². The molecular weight excluding hydrogens is 500 g/mol. The van der Waals surface area contributed by atoms with Gasteiger partial charge in [-0.3, -0.25) is 4.79 Å². The minimum Gasteiger partial charge on any atom is -0.493 e. The van der Waals surface area contributed by atoms with E-state index in [4.69, 9.17) is 9.47 Å². The van der Waals surface area contributed by atoms with Crippen molar-refractivity contribution in [1.29, 1.82) is 5.26 Å². The highest BCUT2D eigenvalue weighted by Gasteiger charge is 2.17. The number of carbonyl (C=O) groups is 2. The largest absolute Gasteiger partial charge is 0.493 e. The normalized spacial score (nSPS) is 10.8. The number of nitrogens with zero attached hydrogens (tertiary/aromatic N) is 1. The molecule has 2 N–H and O–H groups in total. The van der Waals surface area contributed by atoms with Crippen molar-refractivity contribution < 1.29 is 24.2 Å². The molecule has 3 aromatic rings. The van der Waals surface area contributed by atoms with Crippen molar-refractivity contribution >= 4 is 39.6 Å². The Hall–Kier alpha value is -4.09.